The van der Waals surface area contributed by atoms with Crippen LogP contribution in [0.5, 0.6) is 0 Å². The number of carbonyl (C=O) groups excluding carboxylic acids is 2. The van der Waals surface area contributed by atoms with Crippen molar-refractivity contribution >= 4 is 77.4 Å². The van der Waals surface area contributed by atoms with Crippen LogP contribution in [0.15, 0.2) is 50.2 Å². The molecule has 18 heteroatoms. The Morgan fingerprint density at radius 1 is 0.817 bits per heavy atom. The normalized spacial score (nSPS) is 23.9. The summed E-state index contributed by atoms with van der Waals surface area (Å²) in [5, 5.41) is 23.6. The van der Waals surface area contributed by atoms with Gasteiger partial charge in [0.25, 0.3) is 0 Å². The van der Waals surface area contributed by atoms with Crippen LogP contribution in [0.25, 0.3) is 0 Å². The standard InChI is InChI=1S/C17H25BrN2O4.C13H15BrN2O3.C12H17BrN2O2/c1-5-20(16(22)24-17(2,3)4)15-13(8-11(18)9-19-15)12-6-7-23-10-14(12)21;1-2-16-12-10(5-8(14)6-15-12)9-3-4-18-7-11(9)19-13(16)17;1-2-14-12-10(5-8(13)6-15-12)9-3-4-17-7-11(9)16/h8-9,12,14,21H,5-7,10H2,1-4H3;5-6,9,11H,2-4,7H2,1H3;5-6,9,11,16H,2-4,7H2,1H3,(H,14,15)/t12-,14+;2*9-,11+/m111/s1. The quantitative estimate of drug-likeness (QED) is 0.206. The minimum absolute atomic E-state index is 0.0998. The van der Waals surface area contributed by atoms with Gasteiger partial charge >= 0.3 is 12.2 Å². The fourth-order valence-electron chi connectivity index (χ4n) is 7.54. The molecule has 330 valence electrons. The molecular weight excluding hydrogens is 972 g/mol. The Labute approximate surface area is 377 Å². The molecule has 15 nitrogen and oxygen atoms in total. The van der Waals surface area contributed by atoms with E-state index in [4.69, 9.17) is 23.7 Å². The summed E-state index contributed by atoms with van der Waals surface area (Å²) in [6.07, 6.45) is 5.44. The average Bonchev–Trinajstić information content (AvgIpc) is 3.32. The van der Waals surface area contributed by atoms with Gasteiger partial charge in [-0.15, -0.1) is 0 Å². The van der Waals surface area contributed by atoms with E-state index in [9.17, 15) is 19.8 Å². The summed E-state index contributed by atoms with van der Waals surface area (Å²) in [6.45, 7) is 16.2. The molecule has 4 aliphatic heterocycles. The molecule has 0 aliphatic carbocycles. The molecule has 0 aromatic carbocycles. The SMILES string of the molecule is CCN(C(=O)OC(C)(C)C)c1ncc(Br)cc1[C@H]1CCOC[C@@H]1O.CCN1C(=O)O[C@H]2COCC[C@@H]2c2cc(Br)cnc21.CCNc1ncc(Br)cc1[C@H]1CCOC[C@@H]1O. The highest BCUT2D eigenvalue weighted by molar-refractivity contribution is 9.11. The van der Waals surface area contributed by atoms with Crippen molar-refractivity contribution in [3.8, 4) is 0 Å². The summed E-state index contributed by atoms with van der Waals surface area (Å²) in [4.78, 5) is 41.0. The van der Waals surface area contributed by atoms with E-state index in [0.29, 0.717) is 64.2 Å². The smallest absolute Gasteiger partial charge is 0.415 e. The van der Waals surface area contributed by atoms with Crippen LogP contribution in [-0.2, 0) is 23.7 Å². The van der Waals surface area contributed by atoms with E-state index in [0.717, 1.165) is 55.3 Å². The number of halogens is 3. The van der Waals surface area contributed by atoms with E-state index in [1.807, 2.05) is 59.7 Å². The Balaban J connectivity index is 0.000000173. The van der Waals surface area contributed by atoms with E-state index >= 15 is 0 Å². The second-order valence-corrected chi connectivity index (χ2v) is 18.4. The Morgan fingerprint density at radius 2 is 1.35 bits per heavy atom. The van der Waals surface area contributed by atoms with Crippen LogP contribution in [0.1, 0.15) is 95.2 Å². The summed E-state index contributed by atoms with van der Waals surface area (Å²) in [7, 11) is 0. The molecule has 7 rings (SSSR count). The number of rotatable bonds is 7. The maximum atomic E-state index is 12.6. The molecule has 0 spiro atoms. The maximum absolute atomic E-state index is 12.6. The minimum atomic E-state index is -0.619. The van der Waals surface area contributed by atoms with Gasteiger partial charge in [-0.05, 0) is 127 Å². The zero-order chi connectivity index (χ0) is 43.6. The van der Waals surface area contributed by atoms with Crippen LogP contribution in [0, 0.1) is 0 Å². The van der Waals surface area contributed by atoms with Crippen molar-refractivity contribution in [1.29, 1.82) is 0 Å². The highest BCUT2D eigenvalue weighted by atomic mass is 79.9. The van der Waals surface area contributed by atoms with Gasteiger partial charge in [-0.2, -0.15) is 0 Å². The van der Waals surface area contributed by atoms with Crippen molar-refractivity contribution in [3.05, 3.63) is 66.9 Å². The molecule has 0 radical (unpaired) electrons. The molecule has 3 saturated heterocycles. The molecule has 0 saturated carbocycles. The number of aliphatic hydroxyl groups excluding tert-OH is 2. The van der Waals surface area contributed by atoms with Crippen LogP contribution >= 0.6 is 47.8 Å². The highest BCUT2D eigenvalue weighted by Gasteiger charge is 2.39. The average molecular weight is 1030 g/mol. The molecule has 0 bridgehead atoms. The molecule has 3 N–H and O–H groups in total. The Hall–Kier alpha value is -2.97. The predicted molar refractivity (Wildman–Crippen MR) is 239 cm³/mol. The molecule has 0 unspecified atom stereocenters. The van der Waals surface area contributed by atoms with Crippen molar-refractivity contribution in [2.24, 2.45) is 0 Å². The number of aromatic nitrogens is 3. The monoisotopic (exact) mass is 1030 g/mol. The van der Waals surface area contributed by atoms with E-state index in [-0.39, 0.29) is 36.6 Å². The van der Waals surface area contributed by atoms with E-state index < -0.39 is 23.9 Å². The number of carbonyl (C=O) groups is 2. The van der Waals surface area contributed by atoms with Crippen molar-refractivity contribution in [3.63, 3.8) is 0 Å². The number of ether oxygens (including phenoxy) is 5. The second kappa shape index (κ2) is 22.4. The molecule has 6 atom stereocenters. The number of aliphatic hydroxyl groups is 2. The van der Waals surface area contributed by atoms with Crippen LogP contribution in [-0.4, -0.2) is 121 Å². The zero-order valence-corrected chi connectivity index (χ0v) is 39.8. The summed E-state index contributed by atoms with van der Waals surface area (Å²) < 4.78 is 29.7. The van der Waals surface area contributed by atoms with Crippen LogP contribution in [0.3, 0.4) is 0 Å². The number of nitrogens with zero attached hydrogens (tertiary/aromatic N) is 5. The largest absolute Gasteiger partial charge is 0.443 e. The van der Waals surface area contributed by atoms with Gasteiger partial charge in [0.05, 0.1) is 32.0 Å². The predicted octanol–water partition coefficient (Wildman–Crippen LogP) is 8.30. The fourth-order valence-corrected chi connectivity index (χ4v) is 8.59. The lowest BCUT2D eigenvalue weighted by Gasteiger charge is -2.32. The Morgan fingerprint density at radius 3 is 1.92 bits per heavy atom. The summed E-state index contributed by atoms with van der Waals surface area (Å²) in [5.41, 5.74) is 2.37. The summed E-state index contributed by atoms with van der Waals surface area (Å²) in [6, 6.07) is 5.98. The minimum Gasteiger partial charge on any atom is -0.443 e. The molecular formula is C42H57Br3N6O9. The lowest BCUT2D eigenvalue weighted by Crippen LogP contribution is -2.39. The zero-order valence-electron chi connectivity index (χ0n) is 35.0. The molecule has 3 aromatic rings. The highest BCUT2D eigenvalue weighted by Crippen LogP contribution is 2.40. The molecule has 2 amide bonds. The number of fused-ring (bicyclic) bond motifs is 3. The number of nitrogens with one attached hydrogen (secondary N) is 1. The Kier molecular flexibility index (Phi) is 17.9. The van der Waals surface area contributed by atoms with Crippen molar-refractivity contribution in [2.45, 2.75) is 102 Å². The summed E-state index contributed by atoms with van der Waals surface area (Å²) >= 11 is 10.3. The Bertz CT molecular complexity index is 1910. The van der Waals surface area contributed by atoms with Gasteiger partial charge in [-0.1, -0.05) is 0 Å². The number of pyridine rings is 3. The van der Waals surface area contributed by atoms with Gasteiger partial charge in [0.15, 0.2) is 0 Å². The van der Waals surface area contributed by atoms with Gasteiger partial charge < -0.3 is 39.2 Å². The van der Waals surface area contributed by atoms with Crippen LogP contribution in [0.2, 0.25) is 0 Å². The third-order valence-electron chi connectivity index (χ3n) is 10.3. The van der Waals surface area contributed by atoms with E-state index in [1.54, 1.807) is 23.5 Å². The van der Waals surface area contributed by atoms with Crippen LogP contribution < -0.4 is 15.1 Å². The maximum Gasteiger partial charge on any atom is 0.415 e. The number of amides is 2. The van der Waals surface area contributed by atoms with E-state index in [1.165, 1.54) is 4.90 Å². The second-order valence-electron chi connectivity index (χ2n) is 15.7. The van der Waals surface area contributed by atoms with Gasteiger partial charge in [-0.25, -0.2) is 24.5 Å². The molecule has 3 aromatic heterocycles. The lowest BCUT2D eigenvalue weighted by molar-refractivity contribution is -0.0258. The van der Waals surface area contributed by atoms with Gasteiger partial charge in [0.1, 0.15) is 29.2 Å². The van der Waals surface area contributed by atoms with E-state index in [2.05, 4.69) is 68.1 Å². The summed E-state index contributed by atoms with van der Waals surface area (Å²) in [5.74, 6) is 2.24. The van der Waals surface area contributed by atoms with Gasteiger partial charge in [-0.3, -0.25) is 9.80 Å². The van der Waals surface area contributed by atoms with Gasteiger partial charge in [0, 0.05) is 106 Å². The van der Waals surface area contributed by atoms with Crippen molar-refractivity contribution < 1.29 is 43.5 Å². The fraction of sp³-hybridized carbons (Fsp3) is 0.595. The van der Waals surface area contributed by atoms with Crippen molar-refractivity contribution in [1.82, 2.24) is 15.0 Å². The first-order valence-electron chi connectivity index (χ1n) is 20.4. The molecule has 3 fully saturated rings. The van der Waals surface area contributed by atoms with Crippen molar-refractivity contribution in [2.75, 3.05) is 74.4 Å². The lowest BCUT2D eigenvalue weighted by atomic mass is 9.89. The topological polar surface area (TPSA) is 178 Å². The third kappa shape index (κ3) is 12.6. The molecule has 60 heavy (non-hydrogen) atoms. The number of hydrogen-bond acceptors (Lipinski definition) is 13. The first-order chi connectivity index (χ1) is 28.6. The first-order valence-corrected chi connectivity index (χ1v) is 22.8. The molecule has 4 aliphatic rings. The number of anilines is 3. The number of hydrogen-bond donors (Lipinski definition) is 3. The first kappa shape index (κ1) is 48.1. The van der Waals surface area contributed by atoms with Crippen LogP contribution in [0.4, 0.5) is 27.0 Å². The molecule has 7 heterocycles. The van der Waals surface area contributed by atoms with Gasteiger partial charge in [0.2, 0.25) is 0 Å². The third-order valence-corrected chi connectivity index (χ3v) is 11.6.